The fraction of sp³-hybridized carbons (Fsp3) is 1.00. The first-order valence-electron chi connectivity index (χ1n) is 6.25. The Kier molecular flexibility index (Phi) is 6.46. The van der Waals surface area contributed by atoms with Gasteiger partial charge in [-0.1, -0.05) is 20.8 Å². The third-order valence-electron chi connectivity index (χ3n) is 2.56. The Hall–Kier alpha value is -0.0800. The van der Waals surface area contributed by atoms with E-state index in [-0.39, 0.29) is 5.54 Å². The van der Waals surface area contributed by atoms with Gasteiger partial charge in [0.05, 0.1) is 0 Å². The van der Waals surface area contributed by atoms with Crippen molar-refractivity contribution in [1.82, 2.24) is 10.2 Å². The summed E-state index contributed by atoms with van der Waals surface area (Å²) >= 11 is 0. The van der Waals surface area contributed by atoms with Gasteiger partial charge in [-0.2, -0.15) is 0 Å². The molecule has 92 valence electrons. The normalized spacial score (nSPS) is 15.0. The highest BCUT2D eigenvalue weighted by molar-refractivity contribution is 4.76. The second kappa shape index (κ2) is 6.49. The lowest BCUT2D eigenvalue weighted by molar-refractivity contribution is 0.183. The van der Waals surface area contributed by atoms with Crippen LogP contribution in [0.5, 0.6) is 0 Å². The molecular weight excluding hydrogens is 184 g/mol. The molecule has 0 saturated heterocycles. The minimum Gasteiger partial charge on any atom is -0.311 e. The second-order valence-corrected chi connectivity index (χ2v) is 5.96. The van der Waals surface area contributed by atoms with E-state index in [0.29, 0.717) is 6.04 Å². The third kappa shape index (κ3) is 7.80. The molecule has 1 unspecified atom stereocenters. The maximum Gasteiger partial charge on any atom is 0.0192 e. The van der Waals surface area contributed by atoms with Crippen molar-refractivity contribution in [2.75, 3.05) is 19.6 Å². The van der Waals surface area contributed by atoms with E-state index in [2.05, 4.69) is 58.7 Å². The summed E-state index contributed by atoms with van der Waals surface area (Å²) in [6.45, 7) is 19.2. The molecule has 0 bridgehead atoms. The minimum absolute atomic E-state index is 0.228. The number of hydrogen-bond acceptors (Lipinski definition) is 2. The summed E-state index contributed by atoms with van der Waals surface area (Å²) in [4.78, 5) is 2.55. The molecular formula is C13H30N2. The maximum atomic E-state index is 3.57. The van der Waals surface area contributed by atoms with Gasteiger partial charge >= 0.3 is 0 Å². The number of hydrogen-bond donors (Lipinski definition) is 1. The van der Waals surface area contributed by atoms with Crippen LogP contribution in [0.25, 0.3) is 0 Å². The van der Waals surface area contributed by atoms with Crippen LogP contribution in [-0.4, -0.2) is 36.1 Å². The average Bonchev–Trinajstić information content (AvgIpc) is 2.08. The molecule has 2 nitrogen and oxygen atoms in total. The molecule has 0 saturated carbocycles. The first-order valence-corrected chi connectivity index (χ1v) is 6.25. The largest absolute Gasteiger partial charge is 0.311 e. The predicted octanol–water partition coefficient (Wildman–Crippen LogP) is 2.74. The molecule has 0 rings (SSSR count). The topological polar surface area (TPSA) is 15.3 Å². The van der Waals surface area contributed by atoms with E-state index >= 15 is 0 Å². The monoisotopic (exact) mass is 214 g/mol. The van der Waals surface area contributed by atoms with Gasteiger partial charge < -0.3 is 5.32 Å². The van der Waals surface area contributed by atoms with Crippen molar-refractivity contribution < 1.29 is 0 Å². The van der Waals surface area contributed by atoms with Gasteiger partial charge in [-0.15, -0.1) is 0 Å². The first-order chi connectivity index (χ1) is 6.76. The summed E-state index contributed by atoms with van der Waals surface area (Å²) < 4.78 is 0. The molecule has 0 aliphatic rings. The Balaban J connectivity index is 3.99. The van der Waals surface area contributed by atoms with Crippen molar-refractivity contribution >= 4 is 0 Å². The van der Waals surface area contributed by atoms with E-state index in [1.807, 2.05) is 0 Å². The Bertz CT molecular complexity index is 158. The summed E-state index contributed by atoms with van der Waals surface area (Å²) in [5.74, 6) is 0.752. The average molecular weight is 214 g/mol. The van der Waals surface area contributed by atoms with Gasteiger partial charge in [0.2, 0.25) is 0 Å². The van der Waals surface area contributed by atoms with Crippen molar-refractivity contribution in [3.63, 3.8) is 0 Å². The van der Waals surface area contributed by atoms with E-state index in [1.165, 1.54) is 6.54 Å². The van der Waals surface area contributed by atoms with E-state index in [1.54, 1.807) is 0 Å². The smallest absolute Gasteiger partial charge is 0.0192 e. The van der Waals surface area contributed by atoms with Gasteiger partial charge in [0, 0.05) is 24.7 Å². The van der Waals surface area contributed by atoms with Crippen molar-refractivity contribution in [3.05, 3.63) is 0 Å². The first kappa shape index (κ1) is 14.9. The maximum absolute atomic E-state index is 3.57. The lowest BCUT2D eigenvalue weighted by Gasteiger charge is -2.32. The van der Waals surface area contributed by atoms with Crippen molar-refractivity contribution in [2.24, 2.45) is 5.92 Å². The predicted molar refractivity (Wildman–Crippen MR) is 69.3 cm³/mol. The third-order valence-corrected chi connectivity index (χ3v) is 2.56. The molecule has 2 heteroatoms. The van der Waals surface area contributed by atoms with Gasteiger partial charge in [-0.05, 0) is 40.2 Å². The molecule has 1 N–H and O–H groups in total. The van der Waals surface area contributed by atoms with Crippen LogP contribution in [0.1, 0.15) is 48.5 Å². The van der Waals surface area contributed by atoms with Crippen LogP contribution in [-0.2, 0) is 0 Å². The van der Waals surface area contributed by atoms with Crippen LogP contribution in [0.3, 0.4) is 0 Å². The molecule has 15 heavy (non-hydrogen) atoms. The van der Waals surface area contributed by atoms with Gasteiger partial charge in [0.1, 0.15) is 0 Å². The van der Waals surface area contributed by atoms with Crippen molar-refractivity contribution in [1.29, 1.82) is 0 Å². The van der Waals surface area contributed by atoms with E-state index in [0.717, 1.165) is 19.0 Å². The van der Waals surface area contributed by atoms with Crippen LogP contribution < -0.4 is 5.32 Å². The Morgan fingerprint density at radius 3 is 2.00 bits per heavy atom. The molecule has 0 fully saturated rings. The highest BCUT2D eigenvalue weighted by Gasteiger charge is 2.16. The molecule has 0 aromatic rings. The standard InChI is InChI=1S/C13H30N2/c1-8-15(10-11(2)3)12(4)9-14-13(5,6)7/h11-12,14H,8-10H2,1-7H3. The Morgan fingerprint density at radius 1 is 1.13 bits per heavy atom. The number of rotatable bonds is 6. The molecule has 0 spiro atoms. The Morgan fingerprint density at radius 2 is 1.67 bits per heavy atom. The van der Waals surface area contributed by atoms with Crippen LogP contribution in [0, 0.1) is 5.92 Å². The number of likely N-dealkylation sites (N-methyl/N-ethyl adjacent to an activating group) is 1. The molecule has 0 aromatic carbocycles. The molecule has 0 aliphatic heterocycles. The van der Waals surface area contributed by atoms with Gasteiger partial charge in [-0.25, -0.2) is 0 Å². The zero-order valence-electron chi connectivity index (χ0n) is 11.7. The van der Waals surface area contributed by atoms with Crippen molar-refractivity contribution in [2.45, 2.75) is 60.0 Å². The summed E-state index contributed by atoms with van der Waals surface area (Å²) in [5, 5.41) is 3.57. The Labute approximate surface area is 96.4 Å². The molecule has 0 aliphatic carbocycles. The molecule has 0 heterocycles. The minimum atomic E-state index is 0.228. The quantitative estimate of drug-likeness (QED) is 0.731. The van der Waals surface area contributed by atoms with Crippen LogP contribution in [0.4, 0.5) is 0 Å². The fourth-order valence-corrected chi connectivity index (χ4v) is 1.67. The highest BCUT2D eigenvalue weighted by atomic mass is 15.2. The zero-order chi connectivity index (χ0) is 12.1. The SMILES string of the molecule is CCN(CC(C)C)C(C)CNC(C)(C)C. The summed E-state index contributed by atoms with van der Waals surface area (Å²) in [7, 11) is 0. The van der Waals surface area contributed by atoms with Crippen LogP contribution in [0.15, 0.2) is 0 Å². The van der Waals surface area contributed by atoms with E-state index in [4.69, 9.17) is 0 Å². The second-order valence-electron chi connectivity index (χ2n) is 5.96. The van der Waals surface area contributed by atoms with Gasteiger partial charge in [0.15, 0.2) is 0 Å². The highest BCUT2D eigenvalue weighted by Crippen LogP contribution is 2.05. The molecule has 0 aromatic heterocycles. The number of nitrogens with zero attached hydrogens (tertiary/aromatic N) is 1. The lowest BCUT2D eigenvalue weighted by atomic mass is 10.1. The van der Waals surface area contributed by atoms with Crippen molar-refractivity contribution in [3.8, 4) is 0 Å². The van der Waals surface area contributed by atoms with Gasteiger partial charge in [-0.3, -0.25) is 4.90 Å². The molecule has 0 amide bonds. The number of nitrogens with one attached hydrogen (secondary N) is 1. The van der Waals surface area contributed by atoms with E-state index in [9.17, 15) is 0 Å². The van der Waals surface area contributed by atoms with E-state index < -0.39 is 0 Å². The van der Waals surface area contributed by atoms with Gasteiger partial charge in [0.25, 0.3) is 0 Å². The summed E-state index contributed by atoms with van der Waals surface area (Å²) in [6, 6.07) is 0.622. The summed E-state index contributed by atoms with van der Waals surface area (Å²) in [6.07, 6.45) is 0. The molecule has 1 atom stereocenters. The zero-order valence-corrected chi connectivity index (χ0v) is 11.7. The van der Waals surface area contributed by atoms with Crippen LogP contribution in [0.2, 0.25) is 0 Å². The lowest BCUT2D eigenvalue weighted by Crippen LogP contribution is -2.47. The molecule has 0 radical (unpaired) electrons. The fourth-order valence-electron chi connectivity index (χ4n) is 1.67. The summed E-state index contributed by atoms with van der Waals surface area (Å²) in [5.41, 5.74) is 0.228. The van der Waals surface area contributed by atoms with Crippen LogP contribution >= 0.6 is 0 Å².